The van der Waals surface area contributed by atoms with E-state index in [9.17, 15) is 9.59 Å². The summed E-state index contributed by atoms with van der Waals surface area (Å²) in [5.74, 6) is 0.496. The van der Waals surface area contributed by atoms with Crippen LogP contribution in [-0.4, -0.2) is 66.9 Å². The third-order valence-corrected chi connectivity index (χ3v) is 4.66. The normalized spacial score (nSPS) is 21.7. The van der Waals surface area contributed by atoms with E-state index in [1.165, 1.54) is 0 Å². The Morgan fingerprint density at radius 2 is 1.76 bits per heavy atom. The molecule has 0 radical (unpaired) electrons. The predicted molar refractivity (Wildman–Crippen MR) is 81.6 cm³/mol. The first-order chi connectivity index (χ1) is 10.1. The lowest BCUT2D eigenvalue weighted by Gasteiger charge is -2.36. The van der Waals surface area contributed by atoms with Gasteiger partial charge >= 0.3 is 0 Å². The molecule has 2 fully saturated rings. The van der Waals surface area contributed by atoms with Crippen LogP contribution in [0, 0.1) is 5.92 Å². The van der Waals surface area contributed by atoms with Gasteiger partial charge in [0, 0.05) is 19.1 Å². The number of rotatable bonds is 5. The monoisotopic (exact) mass is 296 g/mol. The summed E-state index contributed by atoms with van der Waals surface area (Å²) in [5, 5.41) is 3.31. The molecule has 0 atom stereocenters. The quantitative estimate of drug-likeness (QED) is 0.735. The number of likely N-dealkylation sites (tertiary alicyclic amines) is 1. The number of primary amides is 1. The first kappa shape index (κ1) is 16.2. The van der Waals surface area contributed by atoms with Crippen molar-refractivity contribution in [3.63, 3.8) is 0 Å². The molecule has 3 N–H and O–H groups in total. The summed E-state index contributed by atoms with van der Waals surface area (Å²) >= 11 is 0. The third-order valence-electron chi connectivity index (χ3n) is 4.66. The fourth-order valence-corrected chi connectivity index (χ4v) is 3.22. The van der Waals surface area contributed by atoms with Gasteiger partial charge in [0.2, 0.25) is 11.8 Å². The number of nitrogens with one attached hydrogen (secondary N) is 1. The molecule has 6 nitrogen and oxygen atoms in total. The summed E-state index contributed by atoms with van der Waals surface area (Å²) in [7, 11) is 0. The van der Waals surface area contributed by atoms with E-state index in [-0.39, 0.29) is 24.4 Å². The average Bonchev–Trinajstić information content (AvgIpc) is 2.47. The molecule has 0 bridgehead atoms. The van der Waals surface area contributed by atoms with Crippen molar-refractivity contribution in [2.45, 2.75) is 38.6 Å². The van der Waals surface area contributed by atoms with Crippen molar-refractivity contribution in [3.8, 4) is 0 Å². The van der Waals surface area contributed by atoms with Crippen molar-refractivity contribution < 1.29 is 9.59 Å². The van der Waals surface area contributed by atoms with Crippen LogP contribution in [0.4, 0.5) is 0 Å². The first-order valence-corrected chi connectivity index (χ1v) is 8.07. The molecular formula is C15H28N4O2. The molecule has 2 aliphatic rings. The second kappa shape index (κ2) is 7.75. The fourth-order valence-electron chi connectivity index (χ4n) is 3.22. The number of nitrogens with zero attached hydrogens (tertiary/aromatic N) is 2. The zero-order valence-electron chi connectivity index (χ0n) is 13.0. The van der Waals surface area contributed by atoms with Gasteiger partial charge in [0.1, 0.15) is 0 Å². The Kier molecular flexibility index (Phi) is 5.99. The minimum atomic E-state index is -0.353. The molecule has 0 unspecified atom stereocenters. The largest absolute Gasteiger partial charge is 0.369 e. The molecule has 2 saturated heterocycles. The summed E-state index contributed by atoms with van der Waals surface area (Å²) in [6.45, 7) is 6.30. The molecule has 120 valence electrons. The van der Waals surface area contributed by atoms with E-state index in [1.807, 2.05) is 9.80 Å². The zero-order valence-corrected chi connectivity index (χ0v) is 13.0. The minimum Gasteiger partial charge on any atom is -0.369 e. The summed E-state index contributed by atoms with van der Waals surface area (Å²) in [6.07, 6.45) is 4.10. The smallest absolute Gasteiger partial charge is 0.236 e. The van der Waals surface area contributed by atoms with E-state index < -0.39 is 0 Å². The van der Waals surface area contributed by atoms with Gasteiger partial charge in [-0.15, -0.1) is 0 Å². The second-order valence-corrected chi connectivity index (χ2v) is 6.42. The van der Waals surface area contributed by atoms with Crippen LogP contribution in [0.5, 0.6) is 0 Å². The van der Waals surface area contributed by atoms with Crippen molar-refractivity contribution in [2.75, 3.05) is 39.3 Å². The zero-order chi connectivity index (χ0) is 15.2. The second-order valence-electron chi connectivity index (χ2n) is 6.42. The van der Waals surface area contributed by atoms with Gasteiger partial charge in [-0.05, 0) is 44.7 Å². The van der Waals surface area contributed by atoms with Crippen LogP contribution in [0.1, 0.15) is 32.6 Å². The summed E-state index contributed by atoms with van der Waals surface area (Å²) in [6, 6.07) is 0.284. The lowest BCUT2D eigenvalue weighted by molar-refractivity contribution is -0.135. The van der Waals surface area contributed by atoms with Gasteiger partial charge in [-0.3, -0.25) is 14.5 Å². The molecule has 0 saturated carbocycles. The molecule has 0 spiro atoms. The van der Waals surface area contributed by atoms with E-state index in [1.54, 1.807) is 0 Å². The van der Waals surface area contributed by atoms with E-state index in [4.69, 9.17) is 5.73 Å². The topological polar surface area (TPSA) is 78.7 Å². The number of piperidine rings is 2. The molecule has 0 aliphatic carbocycles. The Morgan fingerprint density at radius 1 is 1.14 bits per heavy atom. The predicted octanol–water partition coefficient (Wildman–Crippen LogP) is -0.216. The number of carbonyl (C=O) groups excluding carboxylic acids is 2. The van der Waals surface area contributed by atoms with Gasteiger partial charge in [0.15, 0.2) is 0 Å². The van der Waals surface area contributed by atoms with Crippen LogP contribution < -0.4 is 11.1 Å². The van der Waals surface area contributed by atoms with Crippen LogP contribution in [0.15, 0.2) is 0 Å². The highest BCUT2D eigenvalue weighted by atomic mass is 16.2. The van der Waals surface area contributed by atoms with E-state index in [2.05, 4.69) is 12.2 Å². The third kappa shape index (κ3) is 4.97. The molecule has 21 heavy (non-hydrogen) atoms. The first-order valence-electron chi connectivity index (χ1n) is 8.07. The van der Waals surface area contributed by atoms with Crippen LogP contribution in [0.25, 0.3) is 0 Å². The summed E-state index contributed by atoms with van der Waals surface area (Å²) < 4.78 is 0. The van der Waals surface area contributed by atoms with Crippen molar-refractivity contribution >= 4 is 11.8 Å². The van der Waals surface area contributed by atoms with E-state index in [0.717, 1.165) is 51.9 Å². The van der Waals surface area contributed by atoms with Crippen molar-refractivity contribution in [1.82, 2.24) is 15.1 Å². The maximum absolute atomic E-state index is 12.5. The SMILES string of the molecule is CC1CCN(C(=O)CN(CC(N)=O)C2CCNCC2)CC1. The number of carbonyl (C=O) groups is 2. The Labute approximate surface area is 127 Å². The van der Waals surface area contributed by atoms with Crippen molar-refractivity contribution in [2.24, 2.45) is 11.7 Å². The van der Waals surface area contributed by atoms with Gasteiger partial charge in [0.25, 0.3) is 0 Å². The highest BCUT2D eigenvalue weighted by Crippen LogP contribution is 2.17. The average molecular weight is 296 g/mol. The van der Waals surface area contributed by atoms with Crippen LogP contribution in [0.2, 0.25) is 0 Å². The van der Waals surface area contributed by atoms with Crippen molar-refractivity contribution in [3.05, 3.63) is 0 Å². The highest BCUT2D eigenvalue weighted by molar-refractivity contribution is 5.80. The van der Waals surface area contributed by atoms with Crippen molar-refractivity contribution in [1.29, 1.82) is 0 Å². The van der Waals surface area contributed by atoms with E-state index in [0.29, 0.717) is 12.5 Å². The number of nitrogens with two attached hydrogens (primary N) is 1. The summed E-state index contributed by atoms with van der Waals surface area (Å²) in [4.78, 5) is 27.7. The molecule has 0 aromatic carbocycles. The standard InChI is InChI=1S/C15H28N4O2/c1-12-4-8-18(9-5-12)15(21)11-19(10-14(16)20)13-2-6-17-7-3-13/h12-13,17H,2-11H2,1H3,(H2,16,20). The number of amides is 2. The molecule has 2 rings (SSSR count). The maximum Gasteiger partial charge on any atom is 0.236 e. The molecule has 6 heteroatoms. The van der Waals surface area contributed by atoms with Crippen LogP contribution >= 0.6 is 0 Å². The van der Waals surface area contributed by atoms with Gasteiger partial charge in [0.05, 0.1) is 13.1 Å². The Morgan fingerprint density at radius 3 is 2.33 bits per heavy atom. The minimum absolute atomic E-state index is 0.140. The lowest BCUT2D eigenvalue weighted by atomic mass is 9.99. The van der Waals surface area contributed by atoms with Gasteiger partial charge < -0.3 is 16.0 Å². The Bertz CT molecular complexity index is 361. The Hall–Kier alpha value is -1.14. The lowest BCUT2D eigenvalue weighted by Crippen LogP contribution is -2.51. The fraction of sp³-hybridized carbons (Fsp3) is 0.867. The maximum atomic E-state index is 12.5. The van der Waals surface area contributed by atoms with Gasteiger partial charge in [-0.25, -0.2) is 0 Å². The van der Waals surface area contributed by atoms with Gasteiger partial charge in [-0.1, -0.05) is 6.92 Å². The van der Waals surface area contributed by atoms with Gasteiger partial charge in [-0.2, -0.15) is 0 Å². The molecule has 0 aromatic rings. The number of hydrogen-bond donors (Lipinski definition) is 2. The molecule has 2 heterocycles. The molecular weight excluding hydrogens is 268 g/mol. The molecule has 0 aromatic heterocycles. The highest BCUT2D eigenvalue weighted by Gasteiger charge is 2.27. The van der Waals surface area contributed by atoms with Crippen LogP contribution in [-0.2, 0) is 9.59 Å². The summed E-state index contributed by atoms with van der Waals surface area (Å²) in [5.41, 5.74) is 5.35. The van der Waals surface area contributed by atoms with E-state index >= 15 is 0 Å². The molecule has 2 aliphatic heterocycles. The van der Waals surface area contributed by atoms with Crippen LogP contribution in [0.3, 0.4) is 0 Å². The number of hydrogen-bond acceptors (Lipinski definition) is 4. The Balaban J connectivity index is 1.90. The molecule has 2 amide bonds.